The Morgan fingerprint density at radius 1 is 1.16 bits per heavy atom. The van der Waals surface area contributed by atoms with E-state index in [1.807, 2.05) is 30.3 Å². The highest BCUT2D eigenvalue weighted by Gasteiger charge is 2.21. The van der Waals surface area contributed by atoms with Crippen LogP contribution in [-0.2, 0) is 9.53 Å². The molecule has 0 bridgehead atoms. The van der Waals surface area contributed by atoms with E-state index in [2.05, 4.69) is 26.1 Å². The zero-order valence-electron chi connectivity index (χ0n) is 12.3. The molecule has 0 amide bonds. The predicted molar refractivity (Wildman–Crippen MR) is 78.1 cm³/mol. The van der Waals surface area contributed by atoms with Crippen molar-refractivity contribution >= 4 is 5.97 Å². The molecule has 19 heavy (non-hydrogen) atoms. The number of hydrogen-bond acceptors (Lipinski definition) is 3. The first-order valence-electron chi connectivity index (χ1n) is 6.89. The Hall–Kier alpha value is -1.35. The quantitative estimate of drug-likeness (QED) is 0.769. The number of ether oxygens (including phenoxy) is 1. The van der Waals surface area contributed by atoms with Gasteiger partial charge in [-0.3, -0.25) is 4.79 Å². The molecule has 0 aromatic heterocycles. The van der Waals surface area contributed by atoms with Gasteiger partial charge in [-0.2, -0.15) is 0 Å². The van der Waals surface area contributed by atoms with Crippen LogP contribution in [0, 0.1) is 11.8 Å². The Bertz CT molecular complexity index is 376. The molecule has 0 aliphatic carbocycles. The number of rotatable bonds is 7. The molecule has 2 atom stereocenters. The van der Waals surface area contributed by atoms with Crippen molar-refractivity contribution in [1.29, 1.82) is 0 Å². The van der Waals surface area contributed by atoms with Crippen LogP contribution in [0.1, 0.15) is 32.3 Å². The van der Waals surface area contributed by atoms with Crippen LogP contribution >= 0.6 is 0 Å². The molecular weight excluding hydrogens is 238 g/mol. The van der Waals surface area contributed by atoms with Gasteiger partial charge in [0.1, 0.15) is 0 Å². The van der Waals surface area contributed by atoms with Crippen LogP contribution in [0.25, 0.3) is 0 Å². The second kappa shape index (κ2) is 7.95. The Kier molecular flexibility index (Phi) is 6.57. The summed E-state index contributed by atoms with van der Waals surface area (Å²) in [5, 5.41) is 3.38. The lowest BCUT2D eigenvalue weighted by Crippen LogP contribution is -2.31. The van der Waals surface area contributed by atoms with Gasteiger partial charge in [-0.15, -0.1) is 0 Å². The molecule has 0 spiro atoms. The van der Waals surface area contributed by atoms with Crippen molar-refractivity contribution in [3.63, 3.8) is 0 Å². The number of methoxy groups -OCH3 is 1. The van der Waals surface area contributed by atoms with E-state index < -0.39 is 0 Å². The largest absolute Gasteiger partial charge is 0.469 e. The van der Waals surface area contributed by atoms with Crippen LogP contribution in [0.4, 0.5) is 0 Å². The van der Waals surface area contributed by atoms with Gasteiger partial charge in [0.05, 0.1) is 13.0 Å². The first-order valence-corrected chi connectivity index (χ1v) is 6.89. The standard InChI is InChI=1S/C16H25NO2/c1-12(2)13(3)10-17-11-15(16(18)19-4)14-8-6-5-7-9-14/h5-9,12-13,15,17H,10-11H2,1-4H3. The fourth-order valence-corrected chi connectivity index (χ4v) is 1.86. The monoisotopic (exact) mass is 263 g/mol. The topological polar surface area (TPSA) is 38.3 Å². The van der Waals surface area contributed by atoms with Crippen molar-refractivity contribution in [3.05, 3.63) is 35.9 Å². The van der Waals surface area contributed by atoms with E-state index >= 15 is 0 Å². The van der Waals surface area contributed by atoms with Gasteiger partial charge in [-0.1, -0.05) is 51.1 Å². The minimum Gasteiger partial charge on any atom is -0.469 e. The summed E-state index contributed by atoms with van der Waals surface area (Å²) >= 11 is 0. The first-order chi connectivity index (χ1) is 9.06. The molecule has 0 radical (unpaired) electrons. The number of benzene rings is 1. The fourth-order valence-electron chi connectivity index (χ4n) is 1.86. The van der Waals surface area contributed by atoms with E-state index in [4.69, 9.17) is 4.74 Å². The van der Waals surface area contributed by atoms with Gasteiger partial charge in [0.25, 0.3) is 0 Å². The van der Waals surface area contributed by atoms with Crippen LogP contribution in [0.15, 0.2) is 30.3 Å². The van der Waals surface area contributed by atoms with E-state index in [9.17, 15) is 4.79 Å². The second-order valence-electron chi connectivity index (χ2n) is 5.37. The van der Waals surface area contributed by atoms with E-state index in [1.165, 1.54) is 7.11 Å². The van der Waals surface area contributed by atoms with Gasteiger partial charge in [0.15, 0.2) is 0 Å². The molecule has 2 unspecified atom stereocenters. The summed E-state index contributed by atoms with van der Waals surface area (Å²) < 4.78 is 4.89. The minimum absolute atomic E-state index is 0.184. The third kappa shape index (κ3) is 5.03. The summed E-state index contributed by atoms with van der Waals surface area (Å²) in [7, 11) is 1.44. The van der Waals surface area contributed by atoms with Crippen LogP contribution in [-0.4, -0.2) is 26.2 Å². The molecule has 0 aliphatic rings. The molecule has 106 valence electrons. The SMILES string of the molecule is COC(=O)C(CNCC(C)C(C)C)c1ccccc1. The summed E-state index contributed by atoms with van der Waals surface area (Å²) in [5.74, 6) is 0.816. The van der Waals surface area contributed by atoms with Gasteiger partial charge in [-0.25, -0.2) is 0 Å². The lowest BCUT2D eigenvalue weighted by Gasteiger charge is -2.19. The van der Waals surface area contributed by atoms with Gasteiger partial charge in [0, 0.05) is 6.54 Å². The molecule has 1 N–H and O–H groups in total. The molecule has 0 heterocycles. The highest BCUT2D eigenvalue weighted by Crippen LogP contribution is 2.16. The van der Waals surface area contributed by atoms with Crippen molar-refractivity contribution in [2.24, 2.45) is 11.8 Å². The van der Waals surface area contributed by atoms with Gasteiger partial charge in [0.2, 0.25) is 0 Å². The zero-order valence-corrected chi connectivity index (χ0v) is 12.3. The molecule has 1 aromatic carbocycles. The average Bonchev–Trinajstić information content (AvgIpc) is 2.43. The summed E-state index contributed by atoms with van der Waals surface area (Å²) in [5.41, 5.74) is 0.999. The normalized spacial score (nSPS) is 14.2. The third-order valence-corrected chi connectivity index (χ3v) is 3.64. The number of carbonyl (C=O) groups is 1. The number of esters is 1. The maximum atomic E-state index is 11.9. The van der Waals surface area contributed by atoms with Crippen molar-refractivity contribution in [2.75, 3.05) is 20.2 Å². The van der Waals surface area contributed by atoms with Crippen molar-refractivity contribution in [1.82, 2.24) is 5.32 Å². The maximum Gasteiger partial charge on any atom is 0.314 e. The Balaban J connectivity index is 2.60. The molecule has 0 saturated carbocycles. The second-order valence-corrected chi connectivity index (χ2v) is 5.37. The van der Waals surface area contributed by atoms with Gasteiger partial charge in [-0.05, 0) is 23.9 Å². The smallest absolute Gasteiger partial charge is 0.314 e. The lowest BCUT2D eigenvalue weighted by atomic mass is 9.96. The molecule has 1 rings (SSSR count). The molecule has 1 aromatic rings. The van der Waals surface area contributed by atoms with Crippen LogP contribution in [0.5, 0.6) is 0 Å². The molecular formula is C16H25NO2. The summed E-state index contributed by atoms with van der Waals surface area (Å²) in [4.78, 5) is 11.9. The van der Waals surface area contributed by atoms with E-state index in [-0.39, 0.29) is 11.9 Å². The highest BCUT2D eigenvalue weighted by molar-refractivity contribution is 5.78. The van der Waals surface area contributed by atoms with E-state index in [0.717, 1.165) is 12.1 Å². The van der Waals surface area contributed by atoms with Crippen molar-refractivity contribution in [2.45, 2.75) is 26.7 Å². The number of nitrogens with one attached hydrogen (secondary N) is 1. The van der Waals surface area contributed by atoms with Crippen molar-refractivity contribution in [3.8, 4) is 0 Å². The maximum absolute atomic E-state index is 11.9. The molecule has 0 saturated heterocycles. The van der Waals surface area contributed by atoms with Crippen molar-refractivity contribution < 1.29 is 9.53 Å². The van der Waals surface area contributed by atoms with Gasteiger partial charge >= 0.3 is 5.97 Å². The molecule has 0 aliphatic heterocycles. The fraction of sp³-hybridized carbons (Fsp3) is 0.562. The van der Waals surface area contributed by atoms with Crippen LogP contribution < -0.4 is 5.32 Å². The molecule has 3 nitrogen and oxygen atoms in total. The number of carbonyl (C=O) groups excluding carboxylic acids is 1. The average molecular weight is 263 g/mol. The molecule has 0 fully saturated rings. The summed E-state index contributed by atoms with van der Waals surface area (Å²) in [6.45, 7) is 8.17. The van der Waals surface area contributed by atoms with Gasteiger partial charge < -0.3 is 10.1 Å². The summed E-state index contributed by atoms with van der Waals surface area (Å²) in [6, 6.07) is 9.78. The van der Waals surface area contributed by atoms with E-state index in [1.54, 1.807) is 0 Å². The predicted octanol–water partition coefficient (Wildman–Crippen LogP) is 2.82. The van der Waals surface area contributed by atoms with Crippen LogP contribution in [0.2, 0.25) is 0 Å². The lowest BCUT2D eigenvalue weighted by molar-refractivity contribution is -0.142. The Morgan fingerprint density at radius 3 is 2.32 bits per heavy atom. The minimum atomic E-state index is -0.231. The van der Waals surface area contributed by atoms with Crippen LogP contribution in [0.3, 0.4) is 0 Å². The highest BCUT2D eigenvalue weighted by atomic mass is 16.5. The Morgan fingerprint density at radius 2 is 1.79 bits per heavy atom. The Labute approximate surface area is 116 Å². The molecule has 3 heteroatoms. The third-order valence-electron chi connectivity index (χ3n) is 3.64. The zero-order chi connectivity index (χ0) is 14.3. The number of hydrogen-bond donors (Lipinski definition) is 1. The first kappa shape index (κ1) is 15.7. The summed E-state index contributed by atoms with van der Waals surface area (Å²) in [6.07, 6.45) is 0. The van der Waals surface area contributed by atoms with E-state index in [0.29, 0.717) is 18.4 Å².